The normalized spacial score (nSPS) is 18.6. The highest BCUT2D eigenvalue weighted by molar-refractivity contribution is 9.10. The zero-order chi connectivity index (χ0) is 28.8. The first-order valence-electron chi connectivity index (χ1n) is 13.5. The van der Waals surface area contributed by atoms with E-state index in [0.717, 1.165) is 32.7 Å². The van der Waals surface area contributed by atoms with Gasteiger partial charge in [0, 0.05) is 38.5 Å². The number of allylic oxidation sites excluding steroid dienone is 3. The molecule has 2 N–H and O–H groups in total. The molecule has 1 aliphatic carbocycles. The molecule has 1 unspecified atom stereocenters. The predicted octanol–water partition coefficient (Wildman–Crippen LogP) is 8.61. The summed E-state index contributed by atoms with van der Waals surface area (Å²) in [6.07, 6.45) is 1.13. The van der Waals surface area contributed by atoms with E-state index in [1.54, 1.807) is 11.8 Å². The van der Waals surface area contributed by atoms with Gasteiger partial charge in [-0.3, -0.25) is 9.69 Å². The average molecular weight is 613 g/mol. The van der Waals surface area contributed by atoms with Crippen LogP contribution in [-0.4, -0.2) is 5.78 Å². The summed E-state index contributed by atoms with van der Waals surface area (Å²) in [4.78, 5) is 17.1. The number of rotatable bonds is 5. The highest BCUT2D eigenvalue weighted by atomic mass is 79.9. The van der Waals surface area contributed by atoms with Gasteiger partial charge in [-0.2, -0.15) is 5.26 Å². The van der Waals surface area contributed by atoms with E-state index in [1.165, 1.54) is 21.6 Å². The lowest BCUT2D eigenvalue weighted by Crippen LogP contribution is -2.42. The first kappa shape index (κ1) is 28.3. The highest BCUT2D eigenvalue weighted by Crippen LogP contribution is 2.51. The number of ketones is 1. The van der Waals surface area contributed by atoms with Crippen LogP contribution in [0.1, 0.15) is 60.4 Å². The monoisotopic (exact) mass is 611 g/mol. The number of hydrogen-bond donors (Lipinski definition) is 1. The van der Waals surface area contributed by atoms with Gasteiger partial charge < -0.3 is 5.73 Å². The molecule has 0 saturated carbocycles. The molecule has 0 saturated heterocycles. The standard InChI is InChI=1S/C34H34BrN3OS/c1-20-9-11-26(12-10-20)40-19-23-14-27(22(3)13-21(23)2)31-28(18-36)33(37)38(25-8-6-7-24(35)15-25)29-16-34(4,5)17-30(39)32(29)31/h6-15,31H,16-17,19,37H2,1-5H3. The second kappa shape index (κ2) is 11.0. The summed E-state index contributed by atoms with van der Waals surface area (Å²) in [5.41, 5.74) is 15.2. The minimum Gasteiger partial charge on any atom is -0.384 e. The Kier molecular flexibility index (Phi) is 7.74. The van der Waals surface area contributed by atoms with Crippen molar-refractivity contribution in [2.24, 2.45) is 11.1 Å². The molecular formula is C34H34BrN3OS. The van der Waals surface area contributed by atoms with Crippen LogP contribution in [0.3, 0.4) is 0 Å². The van der Waals surface area contributed by atoms with Crippen molar-refractivity contribution >= 4 is 39.2 Å². The van der Waals surface area contributed by atoms with Gasteiger partial charge in [-0.05, 0) is 85.2 Å². The van der Waals surface area contributed by atoms with Gasteiger partial charge in [-0.1, -0.05) is 65.7 Å². The Hall–Kier alpha value is -3.27. The van der Waals surface area contributed by atoms with E-state index in [1.807, 2.05) is 29.2 Å². The Morgan fingerprint density at radius 2 is 1.77 bits per heavy atom. The van der Waals surface area contributed by atoms with Crippen LogP contribution in [0, 0.1) is 37.5 Å². The predicted molar refractivity (Wildman–Crippen MR) is 168 cm³/mol. The van der Waals surface area contributed by atoms with Crippen molar-refractivity contribution in [2.45, 2.75) is 64.0 Å². The van der Waals surface area contributed by atoms with Gasteiger partial charge in [0.25, 0.3) is 0 Å². The number of hydrogen-bond acceptors (Lipinski definition) is 5. The molecule has 5 rings (SSSR count). The quantitative estimate of drug-likeness (QED) is 0.292. The Labute approximate surface area is 250 Å². The van der Waals surface area contributed by atoms with E-state index in [-0.39, 0.29) is 11.2 Å². The number of carbonyl (C=O) groups excluding carboxylic acids is 1. The molecule has 6 heteroatoms. The third kappa shape index (κ3) is 5.38. The van der Waals surface area contributed by atoms with Gasteiger partial charge in [0.15, 0.2) is 5.78 Å². The number of benzene rings is 3. The molecule has 40 heavy (non-hydrogen) atoms. The molecule has 1 aliphatic heterocycles. The largest absolute Gasteiger partial charge is 0.384 e. The molecule has 1 atom stereocenters. The molecule has 0 spiro atoms. The lowest BCUT2D eigenvalue weighted by molar-refractivity contribution is -0.118. The number of carbonyl (C=O) groups is 1. The fourth-order valence-corrected chi connectivity index (χ4v) is 7.26. The molecule has 4 nitrogen and oxygen atoms in total. The fourth-order valence-electron chi connectivity index (χ4n) is 5.91. The summed E-state index contributed by atoms with van der Waals surface area (Å²) in [7, 11) is 0. The number of Topliss-reactive ketones (excluding diaryl/α,β-unsaturated/α-hetero) is 1. The van der Waals surface area contributed by atoms with E-state index in [2.05, 4.69) is 93.0 Å². The number of anilines is 1. The Bertz CT molecular complexity index is 1610. The third-order valence-corrected chi connectivity index (χ3v) is 9.45. The van der Waals surface area contributed by atoms with Crippen LogP contribution >= 0.6 is 27.7 Å². The molecule has 0 fully saturated rings. The van der Waals surface area contributed by atoms with Crippen molar-refractivity contribution in [3.8, 4) is 6.07 Å². The summed E-state index contributed by atoms with van der Waals surface area (Å²) in [5, 5.41) is 10.5. The van der Waals surface area contributed by atoms with E-state index in [4.69, 9.17) is 5.73 Å². The van der Waals surface area contributed by atoms with Gasteiger partial charge in [-0.25, -0.2) is 0 Å². The molecule has 0 radical (unpaired) electrons. The van der Waals surface area contributed by atoms with E-state index >= 15 is 0 Å². The number of nitriles is 1. The second-order valence-corrected chi connectivity index (χ2v) is 13.7. The van der Waals surface area contributed by atoms with Crippen molar-refractivity contribution in [2.75, 3.05) is 4.90 Å². The molecule has 2 aliphatic rings. The minimum atomic E-state index is -0.490. The van der Waals surface area contributed by atoms with Gasteiger partial charge in [0.1, 0.15) is 5.82 Å². The Balaban J connectivity index is 1.66. The van der Waals surface area contributed by atoms with Crippen molar-refractivity contribution in [3.05, 3.63) is 116 Å². The van der Waals surface area contributed by atoms with E-state index in [0.29, 0.717) is 29.8 Å². The maximum atomic E-state index is 14.0. The van der Waals surface area contributed by atoms with Gasteiger partial charge in [0.2, 0.25) is 0 Å². The zero-order valence-corrected chi connectivity index (χ0v) is 26.0. The SMILES string of the molecule is Cc1ccc(SCc2cc(C3C(C#N)=C(N)N(c4cccc(Br)c4)C4=C3C(=O)CC(C)(C)C4)c(C)cc2C)cc1. The molecule has 1 heterocycles. The number of thioether (sulfide) groups is 1. The van der Waals surface area contributed by atoms with Crippen molar-refractivity contribution < 1.29 is 4.79 Å². The maximum Gasteiger partial charge on any atom is 0.162 e. The van der Waals surface area contributed by atoms with Crippen molar-refractivity contribution in [1.29, 1.82) is 5.26 Å². The van der Waals surface area contributed by atoms with Crippen LogP contribution in [0.15, 0.2) is 92.7 Å². The van der Waals surface area contributed by atoms with Crippen LogP contribution in [-0.2, 0) is 10.5 Å². The van der Waals surface area contributed by atoms with Crippen LogP contribution in [0.4, 0.5) is 5.69 Å². The van der Waals surface area contributed by atoms with Crippen LogP contribution in [0.5, 0.6) is 0 Å². The van der Waals surface area contributed by atoms with Crippen molar-refractivity contribution in [1.82, 2.24) is 0 Å². The zero-order valence-electron chi connectivity index (χ0n) is 23.6. The highest BCUT2D eigenvalue weighted by Gasteiger charge is 2.45. The molecule has 0 bridgehead atoms. The topological polar surface area (TPSA) is 70.1 Å². The minimum absolute atomic E-state index is 0.0899. The van der Waals surface area contributed by atoms with Crippen LogP contribution < -0.4 is 10.6 Å². The Morgan fingerprint density at radius 1 is 1.05 bits per heavy atom. The van der Waals surface area contributed by atoms with E-state index < -0.39 is 5.92 Å². The summed E-state index contributed by atoms with van der Waals surface area (Å²) >= 11 is 5.37. The molecule has 3 aromatic rings. The van der Waals surface area contributed by atoms with Gasteiger partial charge in [0.05, 0.1) is 17.6 Å². The summed E-state index contributed by atoms with van der Waals surface area (Å²) in [6, 6.07) is 23.2. The average Bonchev–Trinajstić information content (AvgIpc) is 2.88. The van der Waals surface area contributed by atoms with Crippen molar-refractivity contribution in [3.63, 3.8) is 0 Å². The van der Waals surface area contributed by atoms with E-state index in [9.17, 15) is 10.1 Å². The lowest BCUT2D eigenvalue weighted by Gasteiger charge is -2.44. The van der Waals surface area contributed by atoms with Gasteiger partial charge in [-0.15, -0.1) is 11.8 Å². The smallest absolute Gasteiger partial charge is 0.162 e. The first-order chi connectivity index (χ1) is 19.0. The third-order valence-electron chi connectivity index (χ3n) is 7.90. The molecule has 3 aromatic carbocycles. The lowest BCUT2D eigenvalue weighted by atomic mass is 9.68. The fraction of sp³-hybridized carbons (Fsp3) is 0.294. The maximum absolute atomic E-state index is 14.0. The molecular weight excluding hydrogens is 578 g/mol. The first-order valence-corrected chi connectivity index (χ1v) is 15.3. The van der Waals surface area contributed by atoms with Gasteiger partial charge >= 0.3 is 0 Å². The second-order valence-electron chi connectivity index (χ2n) is 11.7. The number of halogens is 1. The molecule has 0 amide bonds. The van der Waals surface area contributed by atoms with Crippen LogP contribution in [0.25, 0.3) is 0 Å². The molecule has 0 aromatic heterocycles. The van der Waals surface area contributed by atoms with Crippen LogP contribution in [0.2, 0.25) is 0 Å². The number of nitrogens with zero attached hydrogens (tertiary/aromatic N) is 2. The number of nitrogens with two attached hydrogens (primary N) is 1. The summed E-state index contributed by atoms with van der Waals surface area (Å²) in [5.74, 6) is 0.792. The summed E-state index contributed by atoms with van der Waals surface area (Å²) < 4.78 is 0.909. The Morgan fingerprint density at radius 3 is 2.45 bits per heavy atom. The molecule has 204 valence electrons. The number of aryl methyl sites for hydroxylation is 3. The summed E-state index contributed by atoms with van der Waals surface area (Å²) in [6.45, 7) is 10.5.